The maximum absolute atomic E-state index is 6.41. The van der Waals surface area contributed by atoms with E-state index < -0.39 is 16.8 Å². The molecule has 0 aromatic heterocycles. The lowest BCUT2D eigenvalue weighted by Crippen LogP contribution is -2.54. The average molecular weight is 500 g/mol. The van der Waals surface area contributed by atoms with E-state index in [0.29, 0.717) is 5.56 Å². The van der Waals surface area contributed by atoms with E-state index in [1.54, 1.807) is 18.2 Å². The summed E-state index contributed by atoms with van der Waals surface area (Å²) in [5.74, 6) is 0. The molecule has 23 heavy (non-hydrogen) atoms. The van der Waals surface area contributed by atoms with Crippen LogP contribution in [-0.2, 0) is 10.8 Å². The summed E-state index contributed by atoms with van der Waals surface area (Å²) >= 11 is 54.9. The van der Waals surface area contributed by atoms with Gasteiger partial charge in [0.25, 0.3) is 0 Å². The zero-order valence-corrected chi connectivity index (χ0v) is 18.6. The molecule has 0 heterocycles. The van der Waals surface area contributed by atoms with Crippen LogP contribution in [0, 0.1) is 0 Å². The van der Waals surface area contributed by atoms with Crippen LogP contribution in [0.1, 0.15) is 30.9 Å². The molecular weight excluding hydrogens is 487 g/mol. The molecule has 0 atom stereocenters. The molecule has 0 N–H and O–H groups in total. The summed E-state index contributed by atoms with van der Waals surface area (Å²) in [5.41, 5.74) is 1.42. The lowest BCUT2D eigenvalue weighted by molar-refractivity contribution is 0.599. The molecule has 0 radical (unpaired) electrons. The maximum atomic E-state index is 6.41. The summed E-state index contributed by atoms with van der Waals surface area (Å²) < 4.78 is -8.65. The third-order valence-electron chi connectivity index (χ3n) is 3.25. The molecule has 132 valence electrons. The zero-order valence-electron chi connectivity index (χ0n) is 11.8. The Morgan fingerprint density at radius 3 is 1.87 bits per heavy atom. The van der Waals surface area contributed by atoms with Crippen molar-refractivity contribution in [3.05, 3.63) is 35.4 Å². The molecule has 0 saturated heterocycles. The number of rotatable bonds is 6. The van der Waals surface area contributed by atoms with Gasteiger partial charge in [-0.05, 0) is 24.0 Å². The number of hydrogen-bond donors (Lipinski definition) is 0. The van der Waals surface area contributed by atoms with Crippen LogP contribution in [0.25, 0.3) is 0 Å². The van der Waals surface area contributed by atoms with Crippen LogP contribution in [0.4, 0.5) is 0 Å². The van der Waals surface area contributed by atoms with Crippen LogP contribution >= 0.6 is 104 Å². The number of alkyl halides is 9. The molecule has 0 aliphatic carbocycles. The normalized spacial score (nSPS) is 14.2. The van der Waals surface area contributed by atoms with E-state index in [1.165, 1.54) is 0 Å². The topological polar surface area (TPSA) is 0 Å². The Morgan fingerprint density at radius 2 is 1.39 bits per heavy atom. The van der Waals surface area contributed by atoms with Gasteiger partial charge in [-0.15, -0.1) is 0 Å². The number of unbranched alkanes of at least 4 members (excludes halogenated alkanes) is 1. The van der Waals surface area contributed by atoms with Crippen molar-refractivity contribution >= 4 is 104 Å². The van der Waals surface area contributed by atoms with Crippen LogP contribution in [-0.4, -0.2) is 12.5 Å². The summed E-state index contributed by atoms with van der Waals surface area (Å²) in [6.45, 7) is 2.09. The summed E-state index contributed by atoms with van der Waals surface area (Å²) in [7, 11) is 0. The molecule has 0 spiro atoms. The van der Waals surface area contributed by atoms with E-state index in [-0.39, 0.29) is 0 Å². The summed E-state index contributed by atoms with van der Waals surface area (Å²) in [5, 5.41) is 0. The quantitative estimate of drug-likeness (QED) is 0.344. The van der Waals surface area contributed by atoms with E-state index >= 15 is 0 Å². The number of benzene rings is 1. The van der Waals surface area contributed by atoms with Gasteiger partial charge in [0.15, 0.2) is 8.67 Å². The van der Waals surface area contributed by atoms with Crippen molar-refractivity contribution in [1.82, 2.24) is 0 Å². The molecule has 0 bridgehead atoms. The molecule has 0 aliphatic heterocycles. The molecule has 0 aliphatic rings. The average Bonchev–Trinajstić information content (AvgIpc) is 2.43. The zero-order chi connectivity index (χ0) is 18.1. The molecule has 0 saturated carbocycles. The Kier molecular flexibility index (Phi) is 8.19. The number of halogens is 9. The SMILES string of the molecule is CCCCc1cccc(C(Cl)(Cl)C(Cl)(Cl)C(Cl)(Cl)C(Cl)(Cl)Cl)c1. The van der Waals surface area contributed by atoms with Crippen LogP contribution in [0.15, 0.2) is 24.3 Å². The summed E-state index contributed by atoms with van der Waals surface area (Å²) in [6.07, 6.45) is 2.91. The van der Waals surface area contributed by atoms with Gasteiger partial charge in [0.1, 0.15) is 0 Å². The van der Waals surface area contributed by atoms with Crippen LogP contribution in [0.5, 0.6) is 0 Å². The Morgan fingerprint density at radius 1 is 0.826 bits per heavy atom. The lowest BCUT2D eigenvalue weighted by atomic mass is 10.0. The Bertz CT molecular complexity index is 531. The standard InChI is InChI=1S/C14H13Cl9/c1-2-3-5-9-6-4-7-10(8-9)11(15,16)12(17,18)13(19,20)14(21,22)23/h4,6-8H,2-3,5H2,1H3. The molecule has 1 aromatic carbocycles. The first-order valence-electron chi connectivity index (χ1n) is 6.58. The molecule has 1 aromatic rings. The molecule has 0 amide bonds. The van der Waals surface area contributed by atoms with Crippen molar-refractivity contribution in [3.8, 4) is 0 Å². The molecular formula is C14H13Cl9. The second-order valence-corrected chi connectivity index (χ2v) is 11.3. The third kappa shape index (κ3) is 4.76. The van der Waals surface area contributed by atoms with E-state index in [0.717, 1.165) is 24.8 Å². The van der Waals surface area contributed by atoms with Gasteiger partial charge in [-0.25, -0.2) is 0 Å². The van der Waals surface area contributed by atoms with Gasteiger partial charge >= 0.3 is 0 Å². The van der Waals surface area contributed by atoms with Crippen molar-refractivity contribution in [3.63, 3.8) is 0 Å². The van der Waals surface area contributed by atoms with Gasteiger partial charge in [-0.3, -0.25) is 0 Å². The van der Waals surface area contributed by atoms with Crippen LogP contribution in [0.3, 0.4) is 0 Å². The smallest absolute Gasteiger partial charge is 0.0943 e. The summed E-state index contributed by atoms with van der Waals surface area (Å²) in [4.78, 5) is 0. The van der Waals surface area contributed by atoms with Crippen molar-refractivity contribution < 1.29 is 0 Å². The van der Waals surface area contributed by atoms with Gasteiger partial charge in [0.05, 0.1) is 0 Å². The van der Waals surface area contributed by atoms with Gasteiger partial charge in [-0.1, -0.05) is 142 Å². The molecule has 9 heteroatoms. The van der Waals surface area contributed by atoms with E-state index in [2.05, 4.69) is 6.92 Å². The Labute approximate surface area is 181 Å². The van der Waals surface area contributed by atoms with Gasteiger partial charge in [0.2, 0.25) is 8.13 Å². The van der Waals surface area contributed by atoms with E-state index in [1.807, 2.05) is 6.07 Å². The van der Waals surface area contributed by atoms with E-state index in [4.69, 9.17) is 104 Å². The third-order valence-corrected chi connectivity index (χ3v) is 8.73. The van der Waals surface area contributed by atoms with Gasteiger partial charge in [-0.2, -0.15) is 0 Å². The largest absolute Gasteiger partial charge is 0.226 e. The fraction of sp³-hybridized carbons (Fsp3) is 0.571. The first-order chi connectivity index (χ1) is 10.3. The highest BCUT2D eigenvalue weighted by Gasteiger charge is 2.68. The fourth-order valence-electron chi connectivity index (χ4n) is 1.86. The molecule has 0 unspecified atom stereocenters. The predicted octanol–water partition coefficient (Wildman–Crippen LogP) is 8.38. The Balaban J connectivity index is 3.29. The molecule has 1 rings (SSSR count). The fourth-order valence-corrected chi connectivity index (χ4v) is 4.07. The molecule has 0 fully saturated rings. The highest BCUT2D eigenvalue weighted by atomic mass is 35.6. The lowest BCUT2D eigenvalue weighted by Gasteiger charge is -2.44. The van der Waals surface area contributed by atoms with Crippen molar-refractivity contribution in [2.45, 2.75) is 43.0 Å². The second kappa shape index (κ2) is 8.24. The first kappa shape index (κ1) is 22.9. The first-order valence-corrected chi connectivity index (χ1v) is 9.98. The highest BCUT2D eigenvalue weighted by molar-refractivity contribution is 6.80. The number of aryl methyl sites for hydroxylation is 1. The number of hydrogen-bond acceptors (Lipinski definition) is 0. The maximum Gasteiger partial charge on any atom is 0.226 e. The highest BCUT2D eigenvalue weighted by Crippen LogP contribution is 2.65. The predicted molar refractivity (Wildman–Crippen MR) is 108 cm³/mol. The Hall–Kier alpha value is 1.83. The van der Waals surface area contributed by atoms with E-state index in [9.17, 15) is 0 Å². The van der Waals surface area contributed by atoms with Crippen molar-refractivity contribution in [2.24, 2.45) is 0 Å². The molecule has 0 nitrogen and oxygen atoms in total. The van der Waals surface area contributed by atoms with Crippen molar-refractivity contribution in [1.29, 1.82) is 0 Å². The van der Waals surface area contributed by atoms with Crippen molar-refractivity contribution in [2.75, 3.05) is 0 Å². The monoisotopic (exact) mass is 496 g/mol. The minimum Gasteiger partial charge on any atom is -0.0943 e. The van der Waals surface area contributed by atoms with Crippen LogP contribution < -0.4 is 0 Å². The second-order valence-electron chi connectivity index (χ2n) is 5.02. The van der Waals surface area contributed by atoms with Gasteiger partial charge in [0, 0.05) is 0 Å². The van der Waals surface area contributed by atoms with Gasteiger partial charge < -0.3 is 0 Å². The van der Waals surface area contributed by atoms with Crippen LogP contribution in [0.2, 0.25) is 0 Å². The summed E-state index contributed by atoms with van der Waals surface area (Å²) in [6, 6.07) is 7.15. The minimum atomic E-state index is -2.28. The minimum absolute atomic E-state index is 0.402.